The Labute approximate surface area is 190 Å². The van der Waals surface area contributed by atoms with Crippen LogP contribution in [0.2, 0.25) is 0 Å². The minimum Gasteiger partial charge on any atom is -0.481 e. The fourth-order valence-corrected chi connectivity index (χ4v) is 4.41. The molecular formula is C25H22N4O4. The van der Waals surface area contributed by atoms with Gasteiger partial charge in [0.15, 0.2) is 5.65 Å². The van der Waals surface area contributed by atoms with E-state index < -0.39 is 12.1 Å². The monoisotopic (exact) mass is 442 g/mol. The first-order valence-corrected chi connectivity index (χ1v) is 10.7. The van der Waals surface area contributed by atoms with Crippen LogP contribution in [0.3, 0.4) is 0 Å². The van der Waals surface area contributed by atoms with E-state index in [4.69, 9.17) is 4.74 Å². The number of hydrogen-bond donors (Lipinski definition) is 1. The van der Waals surface area contributed by atoms with Crippen LogP contribution in [0.25, 0.3) is 16.8 Å². The Balaban J connectivity index is 1.44. The largest absolute Gasteiger partial charge is 0.481 e. The highest BCUT2D eigenvalue weighted by atomic mass is 16.6. The van der Waals surface area contributed by atoms with Crippen molar-refractivity contribution in [1.29, 1.82) is 0 Å². The van der Waals surface area contributed by atoms with Crippen molar-refractivity contribution in [3.05, 3.63) is 83.7 Å². The summed E-state index contributed by atoms with van der Waals surface area (Å²) in [6.45, 7) is 1.97. The van der Waals surface area contributed by atoms with Crippen LogP contribution in [0.5, 0.6) is 0 Å². The number of aromatic nitrogens is 3. The average molecular weight is 442 g/mol. The third kappa shape index (κ3) is 3.80. The summed E-state index contributed by atoms with van der Waals surface area (Å²) in [5.41, 5.74) is 5.93. The van der Waals surface area contributed by atoms with Crippen molar-refractivity contribution in [3.63, 3.8) is 0 Å². The van der Waals surface area contributed by atoms with Crippen LogP contribution < -0.4 is 4.90 Å². The number of carbonyl (C=O) groups excluding carboxylic acids is 1. The van der Waals surface area contributed by atoms with Gasteiger partial charge in [-0.25, -0.2) is 9.78 Å². The number of hydrogen-bond acceptors (Lipinski definition) is 5. The first kappa shape index (κ1) is 20.7. The minimum absolute atomic E-state index is 0.0512. The number of benzene rings is 2. The predicted octanol–water partition coefficient (Wildman–Crippen LogP) is 4.27. The zero-order valence-corrected chi connectivity index (χ0v) is 18.0. The van der Waals surface area contributed by atoms with Gasteiger partial charge in [0.25, 0.3) is 0 Å². The number of aliphatic carboxylic acids is 1. The lowest BCUT2D eigenvalue weighted by Gasteiger charge is -2.23. The molecule has 5 rings (SSSR count). The minimum atomic E-state index is -1.01. The Morgan fingerprint density at radius 2 is 1.73 bits per heavy atom. The number of carbonyl (C=O) groups is 2. The molecule has 2 heterocycles. The molecular weight excluding hydrogens is 420 g/mol. The third-order valence-electron chi connectivity index (χ3n) is 5.89. The lowest BCUT2D eigenvalue weighted by molar-refractivity contribution is -0.136. The van der Waals surface area contributed by atoms with Crippen molar-refractivity contribution in [2.24, 2.45) is 0 Å². The maximum Gasteiger partial charge on any atom is 0.415 e. The smallest absolute Gasteiger partial charge is 0.415 e. The van der Waals surface area contributed by atoms with Gasteiger partial charge in [0.1, 0.15) is 18.8 Å². The van der Waals surface area contributed by atoms with Crippen molar-refractivity contribution < 1.29 is 19.4 Å². The number of amides is 1. The Kier molecular flexibility index (Phi) is 5.26. The molecule has 1 N–H and O–H groups in total. The van der Waals surface area contributed by atoms with Gasteiger partial charge in [-0.05, 0) is 46.9 Å². The average Bonchev–Trinajstić information content (AvgIpc) is 3.40. The zero-order chi connectivity index (χ0) is 22.9. The second-order valence-corrected chi connectivity index (χ2v) is 8.02. The molecule has 4 aromatic rings. The summed E-state index contributed by atoms with van der Waals surface area (Å²) >= 11 is 0. The number of carboxylic acid groups (broad SMARTS) is 1. The highest BCUT2D eigenvalue weighted by Gasteiger charge is 2.30. The Hall–Kier alpha value is -4.20. The molecule has 8 nitrogen and oxygen atoms in total. The summed E-state index contributed by atoms with van der Waals surface area (Å²) in [4.78, 5) is 30.0. The molecule has 8 heteroatoms. The van der Waals surface area contributed by atoms with Crippen molar-refractivity contribution in [1.82, 2.24) is 14.6 Å². The SMILES string of the molecule is Cc1cc(N(CCC(=O)O)C(=O)OCC2c3ccccc3-c3ccccc32)n2ncnc2c1. The Bertz CT molecular complexity index is 1320. The van der Waals surface area contributed by atoms with Gasteiger partial charge in [0.05, 0.1) is 6.42 Å². The van der Waals surface area contributed by atoms with E-state index in [1.165, 1.54) is 15.7 Å². The number of aryl methyl sites for hydroxylation is 1. The molecule has 2 aromatic carbocycles. The van der Waals surface area contributed by atoms with E-state index in [0.29, 0.717) is 11.5 Å². The molecule has 2 aromatic heterocycles. The summed E-state index contributed by atoms with van der Waals surface area (Å²) in [7, 11) is 0. The van der Waals surface area contributed by atoms with Crippen LogP contribution in [0.15, 0.2) is 67.0 Å². The lowest BCUT2D eigenvalue weighted by atomic mass is 9.98. The summed E-state index contributed by atoms with van der Waals surface area (Å²) < 4.78 is 7.30. The molecule has 1 amide bonds. The molecule has 0 bridgehead atoms. The van der Waals surface area contributed by atoms with E-state index in [9.17, 15) is 14.7 Å². The molecule has 0 fully saturated rings. The first-order valence-electron chi connectivity index (χ1n) is 10.7. The lowest BCUT2D eigenvalue weighted by Crippen LogP contribution is -2.36. The van der Waals surface area contributed by atoms with Crippen molar-refractivity contribution in [2.75, 3.05) is 18.1 Å². The number of pyridine rings is 1. The van der Waals surface area contributed by atoms with E-state index in [-0.39, 0.29) is 25.5 Å². The fourth-order valence-electron chi connectivity index (χ4n) is 4.41. The normalized spacial score (nSPS) is 12.4. The Morgan fingerprint density at radius 1 is 1.06 bits per heavy atom. The van der Waals surface area contributed by atoms with Crippen LogP contribution in [0.1, 0.15) is 29.0 Å². The maximum atomic E-state index is 13.3. The topological polar surface area (TPSA) is 97.0 Å². The molecule has 1 aliphatic rings. The molecule has 1 aliphatic carbocycles. The number of ether oxygens (including phenoxy) is 1. The second-order valence-electron chi connectivity index (χ2n) is 8.02. The van der Waals surface area contributed by atoms with Gasteiger partial charge < -0.3 is 9.84 Å². The van der Waals surface area contributed by atoms with Crippen LogP contribution in [-0.4, -0.2) is 44.9 Å². The Morgan fingerprint density at radius 3 is 2.39 bits per heavy atom. The van der Waals surface area contributed by atoms with Gasteiger partial charge in [-0.15, -0.1) is 0 Å². The number of carboxylic acids is 1. The van der Waals surface area contributed by atoms with Crippen LogP contribution in [-0.2, 0) is 9.53 Å². The van der Waals surface area contributed by atoms with Crippen molar-refractivity contribution in [3.8, 4) is 11.1 Å². The van der Waals surface area contributed by atoms with E-state index in [0.717, 1.165) is 27.8 Å². The van der Waals surface area contributed by atoms with Gasteiger partial charge in [0.2, 0.25) is 0 Å². The number of fused-ring (bicyclic) bond motifs is 4. The summed E-state index contributed by atoms with van der Waals surface area (Å²) in [6.07, 6.45) is 0.542. The zero-order valence-electron chi connectivity index (χ0n) is 18.0. The number of rotatable bonds is 6. The predicted molar refractivity (Wildman–Crippen MR) is 122 cm³/mol. The van der Waals surface area contributed by atoms with Gasteiger partial charge >= 0.3 is 12.1 Å². The van der Waals surface area contributed by atoms with Crippen LogP contribution in [0, 0.1) is 6.92 Å². The standard InChI is InChI=1S/C25H22N4O4/c1-16-12-22-26-15-27-29(22)23(13-16)28(11-10-24(30)31)25(32)33-14-21-19-8-4-2-6-17(19)18-7-3-5-9-20(18)21/h2-9,12-13,15,21H,10-11,14H2,1H3,(H,30,31). The third-order valence-corrected chi connectivity index (χ3v) is 5.89. The van der Waals surface area contributed by atoms with Gasteiger partial charge in [0, 0.05) is 12.5 Å². The molecule has 0 saturated heterocycles. The molecule has 0 spiro atoms. The van der Waals surface area contributed by atoms with E-state index >= 15 is 0 Å². The van der Waals surface area contributed by atoms with Gasteiger partial charge in [-0.3, -0.25) is 9.69 Å². The van der Waals surface area contributed by atoms with Crippen molar-refractivity contribution in [2.45, 2.75) is 19.3 Å². The number of nitrogens with zero attached hydrogens (tertiary/aromatic N) is 4. The molecule has 166 valence electrons. The molecule has 0 radical (unpaired) electrons. The highest BCUT2D eigenvalue weighted by Crippen LogP contribution is 2.44. The van der Waals surface area contributed by atoms with Gasteiger partial charge in [-0.2, -0.15) is 9.61 Å². The molecule has 0 aliphatic heterocycles. The van der Waals surface area contributed by atoms with E-state index in [2.05, 4.69) is 34.3 Å². The maximum absolute atomic E-state index is 13.3. The van der Waals surface area contributed by atoms with Gasteiger partial charge in [-0.1, -0.05) is 48.5 Å². The molecule has 0 saturated carbocycles. The summed E-state index contributed by atoms with van der Waals surface area (Å²) in [5.74, 6) is -0.679. The molecule has 0 unspecified atom stereocenters. The van der Waals surface area contributed by atoms with Crippen molar-refractivity contribution >= 4 is 23.5 Å². The first-order chi connectivity index (χ1) is 16.0. The fraction of sp³-hybridized carbons (Fsp3) is 0.200. The van der Waals surface area contributed by atoms with Crippen LogP contribution in [0.4, 0.5) is 10.6 Å². The quantitative estimate of drug-likeness (QED) is 0.479. The van der Waals surface area contributed by atoms with E-state index in [1.807, 2.05) is 37.3 Å². The molecule has 33 heavy (non-hydrogen) atoms. The highest BCUT2D eigenvalue weighted by molar-refractivity contribution is 5.88. The molecule has 0 atom stereocenters. The number of anilines is 1. The van der Waals surface area contributed by atoms with E-state index in [1.54, 1.807) is 6.07 Å². The second kappa shape index (κ2) is 8.38. The summed E-state index contributed by atoms with van der Waals surface area (Å²) in [5, 5.41) is 13.4. The van der Waals surface area contributed by atoms with Crippen LogP contribution >= 0.6 is 0 Å². The summed E-state index contributed by atoms with van der Waals surface area (Å²) in [6, 6.07) is 19.8.